The van der Waals surface area contributed by atoms with Gasteiger partial charge in [-0.3, -0.25) is 4.79 Å². The number of rotatable bonds is 3. The average Bonchev–Trinajstić information content (AvgIpc) is 3.29. The lowest BCUT2D eigenvalue weighted by Gasteiger charge is -2.37. The number of piperidine rings is 1. The summed E-state index contributed by atoms with van der Waals surface area (Å²) in [6.07, 6.45) is 0.570. The fourth-order valence-electron chi connectivity index (χ4n) is 4.06. The second-order valence-electron chi connectivity index (χ2n) is 7.88. The van der Waals surface area contributed by atoms with Gasteiger partial charge in [-0.05, 0) is 56.2 Å². The maximum absolute atomic E-state index is 13.2. The molecule has 0 spiro atoms. The van der Waals surface area contributed by atoms with Crippen LogP contribution in [0.5, 0.6) is 11.5 Å². The zero-order chi connectivity index (χ0) is 21.4. The highest BCUT2D eigenvalue weighted by atomic mass is 19.1. The van der Waals surface area contributed by atoms with Crippen LogP contribution in [0.2, 0.25) is 0 Å². The standard InChI is InChI=1S/C23H22FN3O4/c1-14-20(30-19-7-3-2-6-18(19)29-14)23(28)27-12-4-5-16(13-27)22-26-25-21(31-22)15-8-10-17(24)11-9-15/h2-3,6-11,14,16,20H,4-5,12-13H2,1H3. The minimum absolute atomic E-state index is 0.0634. The summed E-state index contributed by atoms with van der Waals surface area (Å²) in [5.74, 6) is 1.55. The number of ether oxygens (including phenoxy) is 2. The Kier molecular flexibility index (Phi) is 5.05. The molecule has 8 heteroatoms. The molecule has 3 atom stereocenters. The molecule has 2 aliphatic heterocycles. The summed E-state index contributed by atoms with van der Waals surface area (Å²) in [6, 6.07) is 13.3. The molecule has 1 aromatic heterocycles. The van der Waals surface area contributed by atoms with E-state index in [0.29, 0.717) is 41.9 Å². The van der Waals surface area contributed by atoms with Gasteiger partial charge in [-0.15, -0.1) is 10.2 Å². The lowest BCUT2D eigenvalue weighted by molar-refractivity contribution is -0.145. The summed E-state index contributed by atoms with van der Waals surface area (Å²) in [6.45, 7) is 2.95. The number of aromatic nitrogens is 2. The van der Waals surface area contributed by atoms with Crippen molar-refractivity contribution in [2.45, 2.75) is 37.9 Å². The third-order valence-electron chi connectivity index (χ3n) is 5.70. The van der Waals surface area contributed by atoms with Crippen LogP contribution < -0.4 is 9.47 Å². The van der Waals surface area contributed by atoms with Crippen molar-refractivity contribution in [1.82, 2.24) is 15.1 Å². The fraction of sp³-hybridized carbons (Fsp3) is 0.348. The molecule has 3 heterocycles. The van der Waals surface area contributed by atoms with Crippen LogP contribution in [0.4, 0.5) is 4.39 Å². The minimum atomic E-state index is -0.703. The van der Waals surface area contributed by atoms with E-state index in [1.807, 2.05) is 25.1 Å². The van der Waals surface area contributed by atoms with E-state index in [1.165, 1.54) is 12.1 Å². The maximum atomic E-state index is 13.2. The number of benzene rings is 2. The van der Waals surface area contributed by atoms with Gasteiger partial charge >= 0.3 is 0 Å². The van der Waals surface area contributed by atoms with E-state index in [0.717, 1.165) is 12.8 Å². The number of fused-ring (bicyclic) bond motifs is 1. The summed E-state index contributed by atoms with van der Waals surface area (Å²) in [4.78, 5) is 15.0. The Balaban J connectivity index is 1.29. The average molecular weight is 423 g/mol. The van der Waals surface area contributed by atoms with E-state index in [2.05, 4.69) is 10.2 Å². The molecule has 0 aliphatic carbocycles. The second-order valence-corrected chi connectivity index (χ2v) is 7.88. The highest BCUT2D eigenvalue weighted by Crippen LogP contribution is 2.35. The number of carbonyl (C=O) groups excluding carboxylic acids is 1. The van der Waals surface area contributed by atoms with E-state index in [4.69, 9.17) is 13.9 Å². The van der Waals surface area contributed by atoms with Gasteiger partial charge in [-0.25, -0.2) is 4.39 Å². The molecule has 0 N–H and O–H groups in total. The van der Waals surface area contributed by atoms with Gasteiger partial charge in [-0.1, -0.05) is 12.1 Å². The number of para-hydroxylation sites is 2. The number of nitrogens with zero attached hydrogens (tertiary/aromatic N) is 3. The first kappa shape index (κ1) is 19.5. The molecule has 1 fully saturated rings. The summed E-state index contributed by atoms with van der Waals surface area (Å²) in [5, 5.41) is 8.29. The molecule has 1 amide bonds. The van der Waals surface area contributed by atoms with Crippen molar-refractivity contribution in [3.05, 3.63) is 60.2 Å². The third kappa shape index (κ3) is 3.85. The Morgan fingerprint density at radius 3 is 2.58 bits per heavy atom. The Morgan fingerprint density at radius 2 is 1.81 bits per heavy atom. The monoisotopic (exact) mass is 423 g/mol. The van der Waals surface area contributed by atoms with Crippen molar-refractivity contribution < 1.29 is 23.1 Å². The van der Waals surface area contributed by atoms with E-state index < -0.39 is 12.2 Å². The van der Waals surface area contributed by atoms with Gasteiger partial charge in [0, 0.05) is 18.7 Å². The minimum Gasteiger partial charge on any atom is -0.482 e. The second kappa shape index (κ2) is 8.02. The van der Waals surface area contributed by atoms with Crippen molar-refractivity contribution in [2.24, 2.45) is 0 Å². The molecule has 31 heavy (non-hydrogen) atoms. The van der Waals surface area contributed by atoms with E-state index in [1.54, 1.807) is 23.1 Å². The lowest BCUT2D eigenvalue weighted by Crippen LogP contribution is -2.52. The molecular formula is C23H22FN3O4. The van der Waals surface area contributed by atoms with Crippen LogP contribution in [0, 0.1) is 5.82 Å². The van der Waals surface area contributed by atoms with Crippen LogP contribution in [0.15, 0.2) is 52.9 Å². The van der Waals surface area contributed by atoms with E-state index in [9.17, 15) is 9.18 Å². The Bertz CT molecular complexity index is 1080. The normalized spacial score (nSPS) is 22.9. The molecule has 7 nitrogen and oxygen atoms in total. The molecule has 0 saturated carbocycles. The molecule has 2 aliphatic rings. The first-order chi connectivity index (χ1) is 15.1. The summed E-state index contributed by atoms with van der Waals surface area (Å²) >= 11 is 0. The van der Waals surface area contributed by atoms with Crippen molar-refractivity contribution in [1.29, 1.82) is 0 Å². The van der Waals surface area contributed by atoms with Gasteiger partial charge in [0.1, 0.15) is 11.9 Å². The number of halogens is 1. The van der Waals surface area contributed by atoms with Gasteiger partial charge in [-0.2, -0.15) is 0 Å². The molecule has 2 aromatic carbocycles. The number of amides is 1. The van der Waals surface area contributed by atoms with Crippen molar-refractivity contribution in [2.75, 3.05) is 13.1 Å². The van der Waals surface area contributed by atoms with Gasteiger partial charge < -0.3 is 18.8 Å². The topological polar surface area (TPSA) is 77.7 Å². The first-order valence-corrected chi connectivity index (χ1v) is 10.4. The van der Waals surface area contributed by atoms with Crippen LogP contribution in [0.25, 0.3) is 11.5 Å². The fourth-order valence-corrected chi connectivity index (χ4v) is 4.06. The Labute approximate surface area is 178 Å². The van der Waals surface area contributed by atoms with Gasteiger partial charge in [0.15, 0.2) is 11.5 Å². The Morgan fingerprint density at radius 1 is 1.06 bits per heavy atom. The summed E-state index contributed by atoms with van der Waals surface area (Å²) < 4.78 is 30.9. The van der Waals surface area contributed by atoms with Crippen LogP contribution in [-0.4, -0.2) is 46.3 Å². The number of likely N-dealkylation sites (tertiary alicyclic amines) is 1. The first-order valence-electron chi connectivity index (χ1n) is 10.4. The van der Waals surface area contributed by atoms with E-state index >= 15 is 0 Å². The molecule has 160 valence electrons. The zero-order valence-electron chi connectivity index (χ0n) is 17.0. The summed E-state index contributed by atoms with van der Waals surface area (Å²) in [5.41, 5.74) is 0.657. The quantitative estimate of drug-likeness (QED) is 0.638. The number of hydrogen-bond donors (Lipinski definition) is 0. The van der Waals surface area contributed by atoms with E-state index in [-0.39, 0.29) is 17.6 Å². The Hall–Kier alpha value is -3.42. The van der Waals surface area contributed by atoms with Crippen LogP contribution >= 0.6 is 0 Å². The van der Waals surface area contributed by atoms with Crippen molar-refractivity contribution in [3.8, 4) is 23.0 Å². The SMILES string of the molecule is CC1Oc2ccccc2OC1C(=O)N1CCCC(c2nnc(-c3ccc(F)cc3)o2)C1. The zero-order valence-corrected chi connectivity index (χ0v) is 17.0. The van der Waals surface area contributed by atoms with Gasteiger partial charge in [0.2, 0.25) is 17.9 Å². The smallest absolute Gasteiger partial charge is 0.267 e. The lowest BCUT2D eigenvalue weighted by atomic mass is 9.97. The predicted molar refractivity (Wildman–Crippen MR) is 109 cm³/mol. The third-order valence-corrected chi connectivity index (χ3v) is 5.70. The molecular weight excluding hydrogens is 401 g/mol. The summed E-state index contributed by atoms with van der Waals surface area (Å²) in [7, 11) is 0. The maximum Gasteiger partial charge on any atom is 0.267 e. The van der Waals surface area contributed by atoms with Crippen LogP contribution in [0.1, 0.15) is 31.6 Å². The van der Waals surface area contributed by atoms with Gasteiger partial charge in [0.25, 0.3) is 5.91 Å². The number of hydrogen-bond acceptors (Lipinski definition) is 6. The highest BCUT2D eigenvalue weighted by molar-refractivity contribution is 5.82. The highest BCUT2D eigenvalue weighted by Gasteiger charge is 2.39. The van der Waals surface area contributed by atoms with Gasteiger partial charge in [0.05, 0.1) is 5.92 Å². The number of carbonyl (C=O) groups is 1. The molecule has 3 unspecified atom stereocenters. The molecule has 5 rings (SSSR count). The molecule has 0 bridgehead atoms. The molecule has 3 aromatic rings. The van der Waals surface area contributed by atoms with Crippen LogP contribution in [-0.2, 0) is 4.79 Å². The largest absolute Gasteiger partial charge is 0.482 e. The van der Waals surface area contributed by atoms with Crippen LogP contribution in [0.3, 0.4) is 0 Å². The molecule has 0 radical (unpaired) electrons. The predicted octanol–water partition coefficient (Wildman–Crippen LogP) is 3.81. The molecule has 1 saturated heterocycles. The van der Waals surface area contributed by atoms with Crippen molar-refractivity contribution >= 4 is 5.91 Å². The van der Waals surface area contributed by atoms with Crippen molar-refractivity contribution in [3.63, 3.8) is 0 Å².